The Bertz CT molecular complexity index is 305. The molecule has 0 radical (unpaired) electrons. The smallest absolute Gasteiger partial charge is 0.0446 e. The summed E-state index contributed by atoms with van der Waals surface area (Å²) in [4.78, 5) is 4.25. The molecule has 0 saturated heterocycles. The summed E-state index contributed by atoms with van der Waals surface area (Å²) in [6.07, 6.45) is 9.61. The third-order valence-corrected chi connectivity index (χ3v) is 1.94. The molecule has 0 bridgehead atoms. The van der Waals surface area contributed by atoms with Crippen LogP contribution in [0.2, 0.25) is 0 Å². The SMILES string of the molecule is C#Cc1ccnc(C2CC2)c1. The molecule has 1 aromatic rings. The monoisotopic (exact) mass is 143 g/mol. The van der Waals surface area contributed by atoms with Gasteiger partial charge >= 0.3 is 0 Å². The summed E-state index contributed by atoms with van der Waals surface area (Å²) in [7, 11) is 0. The highest BCUT2D eigenvalue weighted by atomic mass is 14.7. The number of nitrogens with zero attached hydrogens (tertiary/aromatic N) is 1. The van der Waals surface area contributed by atoms with E-state index in [9.17, 15) is 0 Å². The number of pyridine rings is 1. The summed E-state index contributed by atoms with van der Waals surface area (Å²) in [6, 6.07) is 3.88. The van der Waals surface area contributed by atoms with Gasteiger partial charge in [-0.3, -0.25) is 4.98 Å². The molecule has 0 N–H and O–H groups in total. The minimum absolute atomic E-state index is 0.697. The van der Waals surface area contributed by atoms with Crippen LogP contribution in [-0.4, -0.2) is 4.98 Å². The molecular weight excluding hydrogens is 134 g/mol. The van der Waals surface area contributed by atoms with Gasteiger partial charge in [0.1, 0.15) is 0 Å². The van der Waals surface area contributed by atoms with E-state index in [0.717, 1.165) is 5.56 Å². The Hall–Kier alpha value is -1.29. The molecule has 0 aliphatic heterocycles. The van der Waals surface area contributed by atoms with Crippen molar-refractivity contribution in [3.63, 3.8) is 0 Å². The standard InChI is InChI=1S/C10H9N/c1-2-8-5-6-11-10(7-8)9-3-4-9/h1,5-7,9H,3-4H2. The zero-order valence-corrected chi connectivity index (χ0v) is 6.25. The fraction of sp³-hybridized carbons (Fsp3) is 0.300. The zero-order valence-electron chi connectivity index (χ0n) is 6.25. The molecule has 1 fully saturated rings. The van der Waals surface area contributed by atoms with E-state index >= 15 is 0 Å². The summed E-state index contributed by atoms with van der Waals surface area (Å²) in [5.74, 6) is 3.31. The molecule has 1 nitrogen and oxygen atoms in total. The highest BCUT2D eigenvalue weighted by Crippen LogP contribution is 2.38. The molecule has 1 heteroatoms. The van der Waals surface area contributed by atoms with E-state index in [-0.39, 0.29) is 0 Å². The normalized spacial score (nSPS) is 15.9. The van der Waals surface area contributed by atoms with E-state index < -0.39 is 0 Å². The van der Waals surface area contributed by atoms with Crippen molar-refractivity contribution in [1.82, 2.24) is 4.98 Å². The fourth-order valence-electron chi connectivity index (χ4n) is 1.14. The predicted molar refractivity (Wildman–Crippen MR) is 44.1 cm³/mol. The van der Waals surface area contributed by atoms with Gasteiger partial charge in [-0.1, -0.05) is 5.92 Å². The summed E-state index contributed by atoms with van der Waals surface area (Å²) >= 11 is 0. The van der Waals surface area contributed by atoms with Crippen LogP contribution >= 0.6 is 0 Å². The number of terminal acetylenes is 1. The van der Waals surface area contributed by atoms with Gasteiger partial charge < -0.3 is 0 Å². The van der Waals surface area contributed by atoms with Gasteiger partial charge in [-0.15, -0.1) is 6.42 Å². The van der Waals surface area contributed by atoms with Crippen LogP contribution in [0.1, 0.15) is 30.0 Å². The van der Waals surface area contributed by atoms with Crippen LogP contribution in [0.15, 0.2) is 18.3 Å². The van der Waals surface area contributed by atoms with E-state index in [2.05, 4.69) is 10.9 Å². The number of rotatable bonds is 1. The maximum absolute atomic E-state index is 5.26. The average molecular weight is 143 g/mol. The lowest BCUT2D eigenvalue weighted by Gasteiger charge is -1.95. The maximum atomic E-state index is 5.26. The van der Waals surface area contributed by atoms with Crippen molar-refractivity contribution in [3.8, 4) is 12.3 Å². The molecule has 0 aromatic carbocycles. The highest BCUT2D eigenvalue weighted by Gasteiger charge is 2.24. The second-order valence-electron chi connectivity index (χ2n) is 2.89. The van der Waals surface area contributed by atoms with E-state index in [4.69, 9.17) is 6.42 Å². The number of aromatic nitrogens is 1. The van der Waals surface area contributed by atoms with Crippen LogP contribution in [-0.2, 0) is 0 Å². The Kier molecular flexibility index (Phi) is 1.40. The van der Waals surface area contributed by atoms with E-state index in [0.29, 0.717) is 5.92 Å². The van der Waals surface area contributed by atoms with Gasteiger partial charge in [0, 0.05) is 23.4 Å². The van der Waals surface area contributed by atoms with Crippen LogP contribution < -0.4 is 0 Å². The topological polar surface area (TPSA) is 12.9 Å². The van der Waals surface area contributed by atoms with Crippen LogP contribution in [0.4, 0.5) is 0 Å². The van der Waals surface area contributed by atoms with Crippen LogP contribution in [0.25, 0.3) is 0 Å². The van der Waals surface area contributed by atoms with Gasteiger partial charge in [0.2, 0.25) is 0 Å². The average Bonchev–Trinajstić information content (AvgIpc) is 2.87. The van der Waals surface area contributed by atoms with E-state index in [1.807, 2.05) is 12.1 Å². The predicted octanol–water partition coefficient (Wildman–Crippen LogP) is 1.94. The molecule has 0 spiro atoms. The lowest BCUT2D eigenvalue weighted by molar-refractivity contribution is 1.02. The third-order valence-electron chi connectivity index (χ3n) is 1.94. The van der Waals surface area contributed by atoms with Crippen LogP contribution in [0, 0.1) is 12.3 Å². The second-order valence-corrected chi connectivity index (χ2v) is 2.89. The summed E-state index contributed by atoms with van der Waals surface area (Å²) < 4.78 is 0. The first-order valence-corrected chi connectivity index (χ1v) is 3.83. The maximum Gasteiger partial charge on any atom is 0.0446 e. The number of hydrogen-bond acceptors (Lipinski definition) is 1. The van der Waals surface area contributed by atoms with Crippen molar-refractivity contribution in [2.75, 3.05) is 0 Å². The first-order chi connectivity index (χ1) is 5.40. The van der Waals surface area contributed by atoms with Crippen LogP contribution in [0.3, 0.4) is 0 Å². The Morgan fingerprint density at radius 1 is 1.55 bits per heavy atom. The summed E-state index contributed by atoms with van der Waals surface area (Å²) in [6.45, 7) is 0. The third kappa shape index (κ3) is 1.25. The molecule has 54 valence electrons. The number of hydrogen-bond donors (Lipinski definition) is 0. The molecule has 1 heterocycles. The molecule has 1 aliphatic rings. The summed E-state index contributed by atoms with van der Waals surface area (Å²) in [5, 5.41) is 0. The van der Waals surface area contributed by atoms with Gasteiger partial charge in [0.25, 0.3) is 0 Å². The van der Waals surface area contributed by atoms with Crippen molar-refractivity contribution < 1.29 is 0 Å². The van der Waals surface area contributed by atoms with Crippen molar-refractivity contribution in [2.45, 2.75) is 18.8 Å². The molecule has 1 aliphatic carbocycles. The Morgan fingerprint density at radius 3 is 3.00 bits per heavy atom. The van der Waals surface area contributed by atoms with Gasteiger partial charge in [-0.25, -0.2) is 0 Å². The quantitative estimate of drug-likeness (QED) is 0.547. The Morgan fingerprint density at radius 2 is 2.36 bits per heavy atom. The lowest BCUT2D eigenvalue weighted by atomic mass is 10.2. The van der Waals surface area contributed by atoms with Crippen molar-refractivity contribution in [1.29, 1.82) is 0 Å². The van der Waals surface area contributed by atoms with Gasteiger partial charge in [-0.05, 0) is 25.0 Å². The fourth-order valence-corrected chi connectivity index (χ4v) is 1.14. The van der Waals surface area contributed by atoms with Gasteiger partial charge in [0.05, 0.1) is 0 Å². The van der Waals surface area contributed by atoms with Crippen molar-refractivity contribution in [2.24, 2.45) is 0 Å². The second kappa shape index (κ2) is 2.39. The molecule has 1 aromatic heterocycles. The van der Waals surface area contributed by atoms with Crippen LogP contribution in [0.5, 0.6) is 0 Å². The minimum atomic E-state index is 0.697. The molecule has 2 rings (SSSR count). The Labute approximate surface area is 66.5 Å². The van der Waals surface area contributed by atoms with Crippen molar-refractivity contribution >= 4 is 0 Å². The van der Waals surface area contributed by atoms with Gasteiger partial charge in [0.15, 0.2) is 0 Å². The van der Waals surface area contributed by atoms with Gasteiger partial charge in [-0.2, -0.15) is 0 Å². The van der Waals surface area contributed by atoms with E-state index in [1.165, 1.54) is 18.5 Å². The molecule has 0 unspecified atom stereocenters. The highest BCUT2D eigenvalue weighted by molar-refractivity contribution is 5.33. The molecule has 11 heavy (non-hydrogen) atoms. The molecule has 0 amide bonds. The largest absolute Gasteiger partial charge is 0.261 e. The zero-order chi connectivity index (χ0) is 7.68. The Balaban J connectivity index is 2.35. The van der Waals surface area contributed by atoms with E-state index in [1.54, 1.807) is 6.20 Å². The summed E-state index contributed by atoms with van der Waals surface area (Å²) in [5.41, 5.74) is 2.11. The first kappa shape index (κ1) is 6.42. The van der Waals surface area contributed by atoms with Crippen molar-refractivity contribution in [3.05, 3.63) is 29.6 Å². The minimum Gasteiger partial charge on any atom is -0.261 e. The first-order valence-electron chi connectivity index (χ1n) is 3.83. The molecular formula is C10H9N. The molecule has 1 saturated carbocycles. The molecule has 0 atom stereocenters. The lowest BCUT2D eigenvalue weighted by Crippen LogP contribution is -1.85.